The molecule has 204 valence electrons. The van der Waals surface area contributed by atoms with Gasteiger partial charge in [-0.05, 0) is 47.5 Å². The van der Waals surface area contributed by atoms with Crippen molar-refractivity contribution >= 4 is 29.2 Å². The van der Waals surface area contributed by atoms with Gasteiger partial charge in [-0.1, -0.05) is 60.7 Å². The van der Waals surface area contributed by atoms with Gasteiger partial charge in [0.2, 0.25) is 5.91 Å². The number of imide groups is 1. The van der Waals surface area contributed by atoms with E-state index < -0.39 is 34.9 Å². The minimum absolute atomic E-state index is 0.101. The lowest BCUT2D eigenvalue weighted by molar-refractivity contribution is -0.384. The molecule has 2 heterocycles. The number of amides is 2. The monoisotopic (exact) mass is 549 g/mol. The number of hydroxylamine groups is 1. The van der Waals surface area contributed by atoms with Gasteiger partial charge < -0.3 is 4.74 Å². The zero-order valence-electron chi connectivity index (χ0n) is 21.5. The lowest BCUT2D eigenvalue weighted by atomic mass is 9.90. The van der Waals surface area contributed by atoms with Crippen LogP contribution >= 0.6 is 0 Å². The van der Waals surface area contributed by atoms with Crippen molar-refractivity contribution in [3.05, 3.63) is 136 Å². The highest BCUT2D eigenvalue weighted by molar-refractivity contribution is 6.07. The van der Waals surface area contributed by atoms with Gasteiger partial charge in [0.05, 0.1) is 28.8 Å². The number of esters is 1. The van der Waals surface area contributed by atoms with E-state index in [0.717, 1.165) is 5.56 Å². The average Bonchev–Trinajstić information content (AvgIpc) is 3.50. The Bertz CT molecular complexity index is 1610. The second kappa shape index (κ2) is 10.7. The Kier molecular flexibility index (Phi) is 6.74. The molecule has 0 radical (unpaired) electrons. The van der Waals surface area contributed by atoms with E-state index in [9.17, 15) is 24.5 Å². The Morgan fingerprint density at radius 3 is 2.10 bits per heavy atom. The van der Waals surface area contributed by atoms with E-state index in [2.05, 4.69) is 0 Å². The van der Waals surface area contributed by atoms with E-state index in [4.69, 9.17) is 9.57 Å². The number of hydrogen-bond donors (Lipinski definition) is 0. The summed E-state index contributed by atoms with van der Waals surface area (Å²) in [5, 5.41) is 12.6. The summed E-state index contributed by atoms with van der Waals surface area (Å²) in [6.45, 7) is 0.119. The van der Waals surface area contributed by atoms with E-state index >= 15 is 0 Å². The predicted octanol–water partition coefficient (Wildman–Crippen LogP) is 4.86. The van der Waals surface area contributed by atoms with E-state index in [1.54, 1.807) is 54.6 Å². The molecule has 4 aromatic carbocycles. The third-order valence-electron chi connectivity index (χ3n) is 7.15. The number of rotatable bonds is 7. The van der Waals surface area contributed by atoms with Gasteiger partial charge >= 0.3 is 5.97 Å². The fraction of sp³-hybridized carbons (Fsp3) is 0.129. The third-order valence-corrected chi connectivity index (χ3v) is 7.15. The molecule has 2 saturated heterocycles. The molecule has 3 atom stereocenters. The molecule has 10 heteroatoms. The van der Waals surface area contributed by atoms with Crippen LogP contribution in [-0.2, 0) is 21.0 Å². The van der Waals surface area contributed by atoms with Gasteiger partial charge in [-0.25, -0.2) is 9.86 Å². The van der Waals surface area contributed by atoms with Gasteiger partial charge in [-0.3, -0.25) is 29.4 Å². The molecule has 2 aliphatic rings. The SMILES string of the molecule is O=C(Oc1ccc([C@H]2[C@@H]3C(=O)N(Cc4ccccc4)C(=O)[C@H]3ON2c2ccc([N+](=O)[O-])cc2)cc1)c1ccccc1. The maximum Gasteiger partial charge on any atom is 0.343 e. The van der Waals surface area contributed by atoms with Crippen molar-refractivity contribution in [2.45, 2.75) is 18.7 Å². The van der Waals surface area contributed by atoms with Crippen LogP contribution < -0.4 is 9.80 Å². The number of carbonyl (C=O) groups is 3. The zero-order valence-corrected chi connectivity index (χ0v) is 21.5. The van der Waals surface area contributed by atoms with E-state index in [1.807, 2.05) is 30.3 Å². The number of carbonyl (C=O) groups excluding carboxylic acids is 3. The van der Waals surface area contributed by atoms with Crippen LogP contribution in [0.1, 0.15) is 27.5 Å². The first-order valence-corrected chi connectivity index (χ1v) is 12.9. The molecule has 0 saturated carbocycles. The molecule has 10 nitrogen and oxygen atoms in total. The third kappa shape index (κ3) is 4.92. The maximum absolute atomic E-state index is 13.7. The van der Waals surface area contributed by atoms with Crippen molar-refractivity contribution in [1.29, 1.82) is 0 Å². The number of nitro groups is 1. The largest absolute Gasteiger partial charge is 0.423 e. The number of fused-ring (bicyclic) bond motifs is 1. The molecule has 0 N–H and O–H groups in total. The Morgan fingerprint density at radius 2 is 1.46 bits per heavy atom. The van der Waals surface area contributed by atoms with Crippen molar-refractivity contribution in [1.82, 2.24) is 4.90 Å². The first-order valence-electron chi connectivity index (χ1n) is 12.9. The van der Waals surface area contributed by atoms with Gasteiger partial charge in [0.25, 0.3) is 11.6 Å². The molecule has 2 amide bonds. The number of likely N-dealkylation sites (tertiary alicyclic amines) is 1. The quantitative estimate of drug-likeness (QED) is 0.105. The molecule has 2 fully saturated rings. The number of ether oxygens (including phenoxy) is 1. The van der Waals surface area contributed by atoms with E-state index in [1.165, 1.54) is 34.2 Å². The number of benzene rings is 4. The van der Waals surface area contributed by atoms with Crippen LogP contribution in [0.25, 0.3) is 0 Å². The van der Waals surface area contributed by atoms with Crippen molar-refractivity contribution in [2.75, 3.05) is 5.06 Å². The van der Waals surface area contributed by atoms with Crippen LogP contribution in [-0.4, -0.2) is 33.7 Å². The summed E-state index contributed by atoms with van der Waals surface area (Å²) in [7, 11) is 0. The highest BCUT2D eigenvalue weighted by Gasteiger charge is 2.59. The minimum atomic E-state index is -1.07. The van der Waals surface area contributed by atoms with Crippen molar-refractivity contribution in [3.8, 4) is 5.75 Å². The summed E-state index contributed by atoms with van der Waals surface area (Å²) in [5.74, 6) is -1.90. The number of nitro benzene ring substituents is 1. The minimum Gasteiger partial charge on any atom is -0.423 e. The summed E-state index contributed by atoms with van der Waals surface area (Å²) in [6, 6.07) is 29.4. The predicted molar refractivity (Wildman–Crippen MR) is 147 cm³/mol. The first kappa shape index (κ1) is 25.9. The van der Waals surface area contributed by atoms with Crippen LogP contribution in [0.5, 0.6) is 5.75 Å². The van der Waals surface area contributed by atoms with Gasteiger partial charge in [-0.2, -0.15) is 0 Å². The van der Waals surface area contributed by atoms with Gasteiger partial charge in [0.1, 0.15) is 11.7 Å². The van der Waals surface area contributed by atoms with Crippen LogP contribution in [0.2, 0.25) is 0 Å². The van der Waals surface area contributed by atoms with Crippen molar-refractivity contribution in [3.63, 3.8) is 0 Å². The Morgan fingerprint density at radius 1 is 0.829 bits per heavy atom. The number of anilines is 1. The maximum atomic E-state index is 13.7. The smallest absolute Gasteiger partial charge is 0.343 e. The normalized spacial score (nSPS) is 19.8. The fourth-order valence-corrected chi connectivity index (χ4v) is 5.15. The molecule has 6 rings (SSSR count). The number of nitrogens with zero attached hydrogens (tertiary/aromatic N) is 3. The summed E-state index contributed by atoms with van der Waals surface area (Å²) in [4.78, 5) is 57.6. The van der Waals surface area contributed by atoms with Crippen LogP contribution in [0.15, 0.2) is 109 Å². The average molecular weight is 550 g/mol. The Hall–Kier alpha value is -5.35. The summed E-state index contributed by atoms with van der Waals surface area (Å²) in [6.07, 6.45) is -1.07. The number of hydrogen-bond acceptors (Lipinski definition) is 8. The van der Waals surface area contributed by atoms with Crippen LogP contribution in [0.4, 0.5) is 11.4 Å². The molecule has 0 aromatic heterocycles. The van der Waals surface area contributed by atoms with Crippen molar-refractivity contribution < 1.29 is 28.9 Å². The van der Waals surface area contributed by atoms with Gasteiger partial charge in [0, 0.05) is 12.1 Å². The molecular formula is C31H23N3O7. The highest BCUT2D eigenvalue weighted by atomic mass is 16.7. The summed E-state index contributed by atoms with van der Waals surface area (Å²) < 4.78 is 5.50. The molecule has 0 aliphatic carbocycles. The summed E-state index contributed by atoms with van der Waals surface area (Å²) >= 11 is 0. The summed E-state index contributed by atoms with van der Waals surface area (Å²) in [5.41, 5.74) is 2.20. The molecule has 0 spiro atoms. The standard InChI is InChI=1S/C31H23N3O7/c35-29-26-27(21-11-17-25(18-12-21)40-31(37)22-9-5-2-6-10-22)33(23-13-15-24(16-14-23)34(38)39)41-28(26)30(36)32(29)19-20-7-3-1-4-8-20/h1-18,26-28H,19H2/t26-,27-,28-/m0/s1. The molecule has 41 heavy (non-hydrogen) atoms. The molecular weight excluding hydrogens is 526 g/mol. The number of non-ortho nitro benzene ring substituents is 1. The second-order valence-corrected chi connectivity index (χ2v) is 9.67. The first-order chi connectivity index (χ1) is 19.9. The van der Waals surface area contributed by atoms with E-state index in [-0.39, 0.29) is 18.1 Å². The van der Waals surface area contributed by atoms with Gasteiger partial charge in [-0.15, -0.1) is 0 Å². The van der Waals surface area contributed by atoms with Crippen LogP contribution in [0, 0.1) is 16.0 Å². The van der Waals surface area contributed by atoms with Crippen molar-refractivity contribution in [2.24, 2.45) is 5.92 Å². The molecule has 4 aromatic rings. The molecule has 0 unspecified atom stereocenters. The highest BCUT2D eigenvalue weighted by Crippen LogP contribution is 2.47. The fourth-order valence-electron chi connectivity index (χ4n) is 5.15. The zero-order chi connectivity index (χ0) is 28.5. The lowest BCUT2D eigenvalue weighted by Gasteiger charge is -2.28. The molecule has 0 bridgehead atoms. The lowest BCUT2D eigenvalue weighted by Crippen LogP contribution is -2.36. The topological polar surface area (TPSA) is 119 Å². The second-order valence-electron chi connectivity index (χ2n) is 9.67. The molecule has 2 aliphatic heterocycles. The Balaban J connectivity index is 1.31. The van der Waals surface area contributed by atoms with Crippen LogP contribution in [0.3, 0.4) is 0 Å². The van der Waals surface area contributed by atoms with E-state index in [0.29, 0.717) is 22.6 Å². The van der Waals surface area contributed by atoms with Gasteiger partial charge in [0.15, 0.2) is 6.10 Å². The Labute approximate surface area is 234 Å².